The summed E-state index contributed by atoms with van der Waals surface area (Å²) in [6.07, 6.45) is -1.84. The minimum atomic E-state index is -4.28. The number of piperazine rings is 1. The van der Waals surface area contributed by atoms with E-state index in [-0.39, 0.29) is 5.54 Å². The summed E-state index contributed by atoms with van der Waals surface area (Å²) in [6, 6.07) is 4.05. The fourth-order valence-electron chi connectivity index (χ4n) is 3.33. The Labute approximate surface area is 123 Å². The van der Waals surface area contributed by atoms with Gasteiger partial charge in [0, 0.05) is 30.9 Å². The van der Waals surface area contributed by atoms with Gasteiger partial charge in [-0.05, 0) is 50.3 Å². The minimum absolute atomic E-state index is 0.0267. The molecular weight excluding hydrogens is 277 g/mol. The van der Waals surface area contributed by atoms with Gasteiger partial charge in [-0.1, -0.05) is 6.07 Å². The molecule has 21 heavy (non-hydrogen) atoms. The first kappa shape index (κ1) is 14.7. The lowest BCUT2D eigenvalue weighted by Gasteiger charge is -2.43. The van der Waals surface area contributed by atoms with Crippen LogP contribution in [0.25, 0.3) is 0 Å². The minimum Gasteiger partial charge on any atom is -0.368 e. The topological polar surface area (TPSA) is 15.3 Å². The van der Waals surface area contributed by atoms with Crippen molar-refractivity contribution in [2.75, 3.05) is 24.5 Å². The zero-order valence-corrected chi connectivity index (χ0v) is 12.4. The Kier molecular flexibility index (Phi) is 3.43. The van der Waals surface area contributed by atoms with Gasteiger partial charge in [0.25, 0.3) is 0 Å². The lowest BCUT2D eigenvalue weighted by atomic mass is 9.92. The molecule has 1 unspecified atom stereocenters. The van der Waals surface area contributed by atoms with E-state index >= 15 is 0 Å². The fourth-order valence-corrected chi connectivity index (χ4v) is 3.33. The van der Waals surface area contributed by atoms with Crippen molar-refractivity contribution in [3.63, 3.8) is 0 Å². The van der Waals surface area contributed by atoms with Crippen LogP contribution in [0.3, 0.4) is 0 Å². The van der Waals surface area contributed by atoms with Crippen LogP contribution in [-0.4, -0.2) is 25.2 Å². The van der Waals surface area contributed by atoms with E-state index in [0.29, 0.717) is 5.92 Å². The van der Waals surface area contributed by atoms with Crippen LogP contribution in [0.1, 0.15) is 30.9 Å². The molecule has 1 N–H and O–H groups in total. The molecule has 0 amide bonds. The van der Waals surface area contributed by atoms with E-state index < -0.39 is 11.7 Å². The van der Waals surface area contributed by atoms with Gasteiger partial charge in [0.15, 0.2) is 0 Å². The molecule has 2 fully saturated rings. The predicted octanol–water partition coefficient (Wildman–Crippen LogP) is 3.59. The second-order valence-electron chi connectivity index (χ2n) is 6.54. The Morgan fingerprint density at radius 2 is 2.00 bits per heavy atom. The highest BCUT2D eigenvalue weighted by Gasteiger charge is 2.44. The molecule has 0 bridgehead atoms. The van der Waals surface area contributed by atoms with Crippen molar-refractivity contribution in [2.45, 2.75) is 38.4 Å². The van der Waals surface area contributed by atoms with Crippen molar-refractivity contribution >= 4 is 5.69 Å². The van der Waals surface area contributed by atoms with Crippen LogP contribution in [0, 0.1) is 12.8 Å². The summed E-state index contributed by atoms with van der Waals surface area (Å²) in [5.41, 5.74) is 1.09. The smallest absolute Gasteiger partial charge is 0.368 e. The number of hydrogen-bond donors (Lipinski definition) is 1. The molecule has 1 heterocycles. The highest BCUT2D eigenvalue weighted by molar-refractivity contribution is 5.56. The molecule has 1 saturated carbocycles. The molecular formula is C16H21F3N2. The number of rotatable bonds is 2. The van der Waals surface area contributed by atoms with Gasteiger partial charge in [-0.15, -0.1) is 0 Å². The third-order valence-corrected chi connectivity index (χ3v) is 4.79. The van der Waals surface area contributed by atoms with Gasteiger partial charge >= 0.3 is 6.18 Å². The Morgan fingerprint density at radius 3 is 2.62 bits per heavy atom. The van der Waals surface area contributed by atoms with Crippen LogP contribution in [-0.2, 0) is 6.18 Å². The standard InChI is InChI=1S/C16H21F3N2/c1-11-3-4-13(16(17,18)19)9-14(11)21-8-7-20-15(2,10-21)12-5-6-12/h3-4,9,12,20H,5-8,10H2,1-2H3. The van der Waals surface area contributed by atoms with Crippen molar-refractivity contribution in [3.05, 3.63) is 29.3 Å². The van der Waals surface area contributed by atoms with Crippen molar-refractivity contribution in [3.8, 4) is 0 Å². The van der Waals surface area contributed by atoms with Gasteiger partial charge in [-0.3, -0.25) is 0 Å². The molecule has 0 radical (unpaired) electrons. The highest BCUT2D eigenvalue weighted by atomic mass is 19.4. The molecule has 1 atom stereocenters. The van der Waals surface area contributed by atoms with Crippen LogP contribution in [0.15, 0.2) is 18.2 Å². The van der Waals surface area contributed by atoms with E-state index in [1.807, 2.05) is 6.92 Å². The summed E-state index contributed by atoms with van der Waals surface area (Å²) in [4.78, 5) is 2.11. The average Bonchev–Trinajstić information content (AvgIpc) is 3.22. The largest absolute Gasteiger partial charge is 0.416 e. The predicted molar refractivity (Wildman–Crippen MR) is 77.5 cm³/mol. The van der Waals surface area contributed by atoms with Crippen molar-refractivity contribution in [1.82, 2.24) is 5.32 Å². The number of nitrogens with one attached hydrogen (secondary N) is 1. The average molecular weight is 298 g/mol. The number of benzene rings is 1. The van der Waals surface area contributed by atoms with Gasteiger partial charge in [-0.2, -0.15) is 13.2 Å². The lowest BCUT2D eigenvalue weighted by Crippen LogP contribution is -2.60. The molecule has 1 aliphatic heterocycles. The monoisotopic (exact) mass is 298 g/mol. The van der Waals surface area contributed by atoms with Gasteiger partial charge in [0.1, 0.15) is 0 Å². The summed E-state index contributed by atoms with van der Waals surface area (Å²) in [5.74, 6) is 0.659. The number of anilines is 1. The van der Waals surface area contributed by atoms with Crippen LogP contribution in [0.5, 0.6) is 0 Å². The third kappa shape index (κ3) is 2.89. The first-order valence-electron chi connectivity index (χ1n) is 7.47. The van der Waals surface area contributed by atoms with Gasteiger partial charge in [0.05, 0.1) is 5.56 Å². The third-order valence-electron chi connectivity index (χ3n) is 4.79. The second-order valence-corrected chi connectivity index (χ2v) is 6.54. The Morgan fingerprint density at radius 1 is 1.29 bits per heavy atom. The van der Waals surface area contributed by atoms with Crippen LogP contribution in [0.2, 0.25) is 0 Å². The first-order chi connectivity index (χ1) is 9.79. The normalized spacial score (nSPS) is 27.0. The summed E-state index contributed by atoms with van der Waals surface area (Å²) in [6.45, 7) is 6.43. The van der Waals surface area contributed by atoms with E-state index in [0.717, 1.165) is 30.9 Å². The first-order valence-corrected chi connectivity index (χ1v) is 7.47. The zero-order valence-electron chi connectivity index (χ0n) is 12.4. The Bertz CT molecular complexity index is 537. The number of hydrogen-bond acceptors (Lipinski definition) is 2. The molecule has 0 aromatic heterocycles. The molecule has 1 saturated heterocycles. The molecule has 3 rings (SSSR count). The van der Waals surface area contributed by atoms with E-state index in [9.17, 15) is 13.2 Å². The molecule has 2 aliphatic rings. The van der Waals surface area contributed by atoms with Gasteiger partial charge < -0.3 is 10.2 Å². The van der Waals surface area contributed by atoms with E-state index in [1.165, 1.54) is 25.0 Å². The summed E-state index contributed by atoms with van der Waals surface area (Å²) < 4.78 is 38.8. The summed E-state index contributed by atoms with van der Waals surface area (Å²) in [7, 11) is 0. The molecule has 5 heteroatoms. The zero-order chi connectivity index (χ0) is 15.3. The van der Waals surface area contributed by atoms with Crippen molar-refractivity contribution in [1.29, 1.82) is 0 Å². The maximum Gasteiger partial charge on any atom is 0.416 e. The second kappa shape index (κ2) is 4.90. The van der Waals surface area contributed by atoms with Crippen LogP contribution in [0.4, 0.5) is 18.9 Å². The van der Waals surface area contributed by atoms with Gasteiger partial charge in [0.2, 0.25) is 0 Å². The molecule has 2 nitrogen and oxygen atoms in total. The Balaban J connectivity index is 1.88. The molecule has 1 aliphatic carbocycles. The Hall–Kier alpha value is -1.23. The number of halogens is 3. The van der Waals surface area contributed by atoms with Gasteiger partial charge in [-0.25, -0.2) is 0 Å². The van der Waals surface area contributed by atoms with Crippen molar-refractivity contribution in [2.24, 2.45) is 5.92 Å². The lowest BCUT2D eigenvalue weighted by molar-refractivity contribution is -0.137. The molecule has 1 aromatic carbocycles. The van der Waals surface area contributed by atoms with Crippen LogP contribution >= 0.6 is 0 Å². The SMILES string of the molecule is Cc1ccc(C(F)(F)F)cc1N1CCNC(C)(C2CC2)C1. The molecule has 0 spiro atoms. The molecule has 116 valence electrons. The summed E-state index contributed by atoms with van der Waals surface area (Å²) in [5, 5.41) is 3.56. The number of nitrogens with zero attached hydrogens (tertiary/aromatic N) is 1. The maximum absolute atomic E-state index is 12.9. The van der Waals surface area contributed by atoms with E-state index in [2.05, 4.69) is 17.1 Å². The highest BCUT2D eigenvalue weighted by Crippen LogP contribution is 2.42. The number of aryl methyl sites for hydroxylation is 1. The maximum atomic E-state index is 12.9. The van der Waals surface area contributed by atoms with Crippen molar-refractivity contribution < 1.29 is 13.2 Å². The van der Waals surface area contributed by atoms with E-state index in [4.69, 9.17) is 0 Å². The molecule has 1 aromatic rings. The fraction of sp³-hybridized carbons (Fsp3) is 0.625. The van der Waals surface area contributed by atoms with E-state index in [1.54, 1.807) is 6.07 Å². The quantitative estimate of drug-likeness (QED) is 0.897. The number of alkyl halides is 3. The summed E-state index contributed by atoms with van der Waals surface area (Å²) >= 11 is 0. The van der Waals surface area contributed by atoms with Crippen LogP contribution < -0.4 is 10.2 Å².